The number of nitrogens with zero attached hydrogens (tertiary/aromatic N) is 2. The van der Waals surface area contributed by atoms with Crippen LogP contribution in [0, 0.1) is 0 Å². The maximum absolute atomic E-state index is 13.3. The van der Waals surface area contributed by atoms with Crippen LogP contribution in [0.2, 0.25) is 0 Å². The number of pyridine rings is 1. The maximum atomic E-state index is 13.3. The van der Waals surface area contributed by atoms with Crippen LogP contribution in [0.4, 0.5) is 0 Å². The molecule has 0 aromatic carbocycles. The average Bonchev–Trinajstić information content (AvgIpc) is 2.70. The number of hydrogen-bond donors (Lipinski definition) is 1. The van der Waals surface area contributed by atoms with Gasteiger partial charge in [0.1, 0.15) is 6.04 Å². The fourth-order valence-electron chi connectivity index (χ4n) is 3.65. The SMILES string of the molecule is C=CCNC(=O)C(CCCC)N(C(=O)c1ccncc1)C1CCCCC1. The molecule has 0 aliphatic heterocycles. The number of aromatic nitrogens is 1. The summed E-state index contributed by atoms with van der Waals surface area (Å²) in [5.41, 5.74) is 0.601. The molecule has 0 spiro atoms. The van der Waals surface area contributed by atoms with E-state index in [0.29, 0.717) is 18.5 Å². The molecule has 142 valence electrons. The number of hydrogen-bond acceptors (Lipinski definition) is 3. The van der Waals surface area contributed by atoms with E-state index < -0.39 is 6.04 Å². The van der Waals surface area contributed by atoms with Gasteiger partial charge in [0.15, 0.2) is 0 Å². The van der Waals surface area contributed by atoms with Crippen molar-refractivity contribution in [1.82, 2.24) is 15.2 Å². The first-order chi connectivity index (χ1) is 12.7. The molecule has 0 bridgehead atoms. The Labute approximate surface area is 156 Å². The van der Waals surface area contributed by atoms with E-state index in [4.69, 9.17) is 0 Å². The van der Waals surface area contributed by atoms with Crippen molar-refractivity contribution in [2.75, 3.05) is 6.54 Å². The number of rotatable bonds is 9. The van der Waals surface area contributed by atoms with Crippen molar-refractivity contribution in [2.45, 2.75) is 70.4 Å². The Hall–Kier alpha value is -2.17. The number of carbonyl (C=O) groups is 2. The van der Waals surface area contributed by atoms with Gasteiger partial charge in [-0.05, 0) is 31.4 Å². The largest absolute Gasteiger partial charge is 0.351 e. The summed E-state index contributed by atoms with van der Waals surface area (Å²) < 4.78 is 0. The number of carbonyl (C=O) groups excluding carboxylic acids is 2. The molecule has 1 heterocycles. The highest BCUT2D eigenvalue weighted by Crippen LogP contribution is 2.27. The summed E-state index contributed by atoms with van der Waals surface area (Å²) in [6, 6.07) is 3.16. The first-order valence-electron chi connectivity index (χ1n) is 9.80. The van der Waals surface area contributed by atoms with Gasteiger partial charge < -0.3 is 10.2 Å². The van der Waals surface area contributed by atoms with Crippen molar-refractivity contribution < 1.29 is 9.59 Å². The number of amides is 2. The van der Waals surface area contributed by atoms with Crippen LogP contribution < -0.4 is 5.32 Å². The minimum Gasteiger partial charge on any atom is -0.351 e. The number of nitrogens with one attached hydrogen (secondary N) is 1. The minimum atomic E-state index is -0.432. The van der Waals surface area contributed by atoms with Gasteiger partial charge in [0.05, 0.1) is 0 Å². The summed E-state index contributed by atoms with van der Waals surface area (Å²) in [5, 5.41) is 2.90. The third-order valence-corrected chi connectivity index (χ3v) is 5.02. The lowest BCUT2D eigenvalue weighted by atomic mass is 9.91. The minimum absolute atomic E-state index is 0.0610. The van der Waals surface area contributed by atoms with E-state index in [1.165, 1.54) is 6.42 Å². The topological polar surface area (TPSA) is 62.3 Å². The van der Waals surface area contributed by atoms with Crippen LogP contribution in [0.5, 0.6) is 0 Å². The van der Waals surface area contributed by atoms with Crippen LogP contribution in [0.15, 0.2) is 37.2 Å². The van der Waals surface area contributed by atoms with Crippen molar-refractivity contribution in [3.05, 3.63) is 42.7 Å². The Morgan fingerprint density at radius 1 is 1.31 bits per heavy atom. The molecule has 0 radical (unpaired) electrons. The normalized spacial score (nSPS) is 15.9. The lowest BCUT2D eigenvalue weighted by molar-refractivity contribution is -0.126. The highest BCUT2D eigenvalue weighted by molar-refractivity contribution is 5.97. The highest BCUT2D eigenvalue weighted by atomic mass is 16.2. The highest BCUT2D eigenvalue weighted by Gasteiger charge is 2.35. The molecule has 1 aliphatic carbocycles. The molecule has 5 nitrogen and oxygen atoms in total. The first-order valence-corrected chi connectivity index (χ1v) is 9.80. The summed E-state index contributed by atoms with van der Waals surface area (Å²) in [6.07, 6.45) is 12.9. The molecule has 1 unspecified atom stereocenters. The van der Waals surface area contributed by atoms with Gasteiger partial charge in [0, 0.05) is 30.5 Å². The molecule has 1 saturated carbocycles. The molecule has 1 atom stereocenters. The molecule has 26 heavy (non-hydrogen) atoms. The van der Waals surface area contributed by atoms with Crippen molar-refractivity contribution in [3.63, 3.8) is 0 Å². The van der Waals surface area contributed by atoms with Gasteiger partial charge in [0.2, 0.25) is 5.91 Å². The summed E-state index contributed by atoms with van der Waals surface area (Å²) in [4.78, 5) is 32.1. The Bertz CT molecular complexity index is 582. The Kier molecular flexibility index (Phi) is 8.32. The lowest BCUT2D eigenvalue weighted by Gasteiger charge is -2.39. The van der Waals surface area contributed by atoms with Crippen molar-refractivity contribution >= 4 is 11.8 Å². The van der Waals surface area contributed by atoms with Crippen LogP contribution in [-0.2, 0) is 4.79 Å². The zero-order chi connectivity index (χ0) is 18.8. The summed E-state index contributed by atoms with van der Waals surface area (Å²) in [7, 11) is 0. The third-order valence-electron chi connectivity index (χ3n) is 5.02. The van der Waals surface area contributed by atoms with Gasteiger partial charge >= 0.3 is 0 Å². The van der Waals surface area contributed by atoms with Crippen LogP contribution in [0.1, 0.15) is 68.6 Å². The molecular formula is C21H31N3O2. The monoisotopic (exact) mass is 357 g/mol. The molecule has 1 N–H and O–H groups in total. The van der Waals surface area contributed by atoms with Gasteiger partial charge in [-0.3, -0.25) is 14.6 Å². The fourth-order valence-corrected chi connectivity index (χ4v) is 3.65. The molecule has 2 amide bonds. The van der Waals surface area contributed by atoms with Crippen molar-refractivity contribution in [2.24, 2.45) is 0 Å². The van der Waals surface area contributed by atoms with Gasteiger partial charge in [-0.25, -0.2) is 0 Å². The molecule has 1 aromatic heterocycles. The maximum Gasteiger partial charge on any atom is 0.254 e. The van der Waals surface area contributed by atoms with Gasteiger partial charge in [-0.2, -0.15) is 0 Å². The predicted molar refractivity (Wildman–Crippen MR) is 104 cm³/mol. The Balaban J connectivity index is 2.31. The second-order valence-corrected chi connectivity index (χ2v) is 6.93. The van der Waals surface area contributed by atoms with Gasteiger partial charge in [-0.15, -0.1) is 6.58 Å². The van der Waals surface area contributed by atoms with Crippen LogP contribution in [-0.4, -0.2) is 40.3 Å². The Morgan fingerprint density at radius 2 is 2.00 bits per heavy atom. The van der Waals surface area contributed by atoms with E-state index in [2.05, 4.69) is 23.8 Å². The van der Waals surface area contributed by atoms with E-state index in [9.17, 15) is 9.59 Å². The molecule has 2 rings (SSSR count). The van der Waals surface area contributed by atoms with E-state index >= 15 is 0 Å². The fraction of sp³-hybridized carbons (Fsp3) is 0.571. The van der Waals surface area contributed by atoms with Crippen molar-refractivity contribution in [1.29, 1.82) is 0 Å². The second kappa shape index (κ2) is 10.7. The zero-order valence-electron chi connectivity index (χ0n) is 15.8. The summed E-state index contributed by atoms with van der Waals surface area (Å²) in [5.74, 6) is -0.138. The Morgan fingerprint density at radius 3 is 2.62 bits per heavy atom. The van der Waals surface area contributed by atoms with Crippen molar-refractivity contribution in [3.8, 4) is 0 Å². The lowest BCUT2D eigenvalue weighted by Crippen LogP contribution is -2.54. The summed E-state index contributed by atoms with van der Waals surface area (Å²) in [6.45, 7) is 6.19. The molecule has 5 heteroatoms. The van der Waals surface area contributed by atoms with Crippen LogP contribution >= 0.6 is 0 Å². The average molecular weight is 357 g/mol. The van der Waals surface area contributed by atoms with Gasteiger partial charge in [0.25, 0.3) is 5.91 Å². The molecule has 1 aromatic rings. The van der Waals surface area contributed by atoms with Crippen LogP contribution in [0.25, 0.3) is 0 Å². The van der Waals surface area contributed by atoms with E-state index in [1.54, 1.807) is 30.6 Å². The van der Waals surface area contributed by atoms with E-state index in [-0.39, 0.29) is 17.9 Å². The molecule has 1 fully saturated rings. The summed E-state index contributed by atoms with van der Waals surface area (Å²) >= 11 is 0. The number of unbranched alkanes of at least 4 members (excludes halogenated alkanes) is 1. The first kappa shape index (κ1) is 20.1. The zero-order valence-corrected chi connectivity index (χ0v) is 15.8. The third kappa shape index (κ3) is 5.41. The quantitative estimate of drug-likeness (QED) is 0.685. The van der Waals surface area contributed by atoms with E-state index in [1.807, 2.05) is 4.90 Å². The predicted octanol–water partition coefficient (Wildman–Crippen LogP) is 3.72. The molecule has 0 saturated heterocycles. The van der Waals surface area contributed by atoms with E-state index in [0.717, 1.165) is 38.5 Å². The second-order valence-electron chi connectivity index (χ2n) is 6.93. The smallest absolute Gasteiger partial charge is 0.254 e. The standard InChI is InChI=1S/C21H31N3O2/c1-3-5-11-19(20(25)23-14-4-2)24(18-9-7-6-8-10-18)21(26)17-12-15-22-16-13-17/h4,12-13,15-16,18-19H,2-3,5-11,14H2,1H3,(H,23,25). The van der Waals surface area contributed by atoms with Gasteiger partial charge in [-0.1, -0.05) is 45.1 Å². The molecular weight excluding hydrogens is 326 g/mol. The van der Waals surface area contributed by atoms with Crippen LogP contribution in [0.3, 0.4) is 0 Å². The molecule has 1 aliphatic rings.